The fraction of sp³-hybridized carbons (Fsp3) is 0.533. The number of nitrogens with two attached hydrogens (primary N) is 1. The molecule has 0 bridgehead atoms. The summed E-state index contributed by atoms with van der Waals surface area (Å²) in [6, 6.07) is 12.8. The summed E-state index contributed by atoms with van der Waals surface area (Å²) in [5.74, 6) is 0.636. The van der Waals surface area contributed by atoms with Crippen molar-refractivity contribution in [1.29, 1.82) is 5.26 Å². The van der Waals surface area contributed by atoms with Crippen molar-refractivity contribution in [3.8, 4) is 6.07 Å². The van der Waals surface area contributed by atoms with Crippen LogP contribution >= 0.6 is 0 Å². The van der Waals surface area contributed by atoms with E-state index < -0.39 is 5.54 Å². The Bertz CT molecular complexity index is 419. The number of hydrogen-bond acceptors (Lipinski definition) is 3. The Hall–Kier alpha value is -1.37. The number of likely N-dealkylation sites (tertiary alicyclic amines) is 1. The molecule has 1 aliphatic heterocycles. The maximum absolute atomic E-state index is 8.90. The van der Waals surface area contributed by atoms with Gasteiger partial charge in [0.05, 0.1) is 6.07 Å². The third kappa shape index (κ3) is 3.32. The van der Waals surface area contributed by atoms with E-state index in [2.05, 4.69) is 41.3 Å². The van der Waals surface area contributed by atoms with Gasteiger partial charge in [-0.1, -0.05) is 30.3 Å². The molecule has 0 spiro atoms. The average molecular weight is 243 g/mol. The molecule has 1 saturated heterocycles. The number of rotatable bonds is 4. The maximum atomic E-state index is 8.90. The molecular weight excluding hydrogens is 222 g/mol. The Balaban J connectivity index is 1.85. The van der Waals surface area contributed by atoms with Gasteiger partial charge in [0, 0.05) is 13.1 Å². The Kier molecular flexibility index (Phi) is 4.00. The topological polar surface area (TPSA) is 53.1 Å². The van der Waals surface area contributed by atoms with E-state index >= 15 is 0 Å². The normalized spacial score (nSPS) is 23.5. The van der Waals surface area contributed by atoms with E-state index in [1.54, 1.807) is 6.92 Å². The summed E-state index contributed by atoms with van der Waals surface area (Å²) >= 11 is 0. The zero-order valence-corrected chi connectivity index (χ0v) is 11.0. The minimum atomic E-state index is -0.690. The predicted octanol–water partition coefficient (Wildman–Crippen LogP) is 2.11. The molecule has 1 aromatic carbocycles. The Labute approximate surface area is 109 Å². The molecule has 1 fully saturated rings. The molecule has 1 aliphatic rings. The molecule has 18 heavy (non-hydrogen) atoms. The molecule has 2 atom stereocenters. The summed E-state index contributed by atoms with van der Waals surface area (Å²) in [4.78, 5) is 2.42. The molecule has 0 amide bonds. The number of nitriles is 1. The third-order valence-corrected chi connectivity index (χ3v) is 3.75. The van der Waals surface area contributed by atoms with Crippen LogP contribution in [0, 0.1) is 11.3 Å². The largest absolute Gasteiger partial charge is 0.314 e. The van der Waals surface area contributed by atoms with Crippen molar-refractivity contribution >= 4 is 0 Å². The molecule has 3 heteroatoms. The van der Waals surface area contributed by atoms with E-state index in [0.717, 1.165) is 26.1 Å². The van der Waals surface area contributed by atoms with Gasteiger partial charge in [0.2, 0.25) is 0 Å². The van der Waals surface area contributed by atoms with Gasteiger partial charge in [-0.05, 0) is 37.8 Å². The fourth-order valence-corrected chi connectivity index (χ4v) is 2.48. The molecule has 2 unspecified atom stereocenters. The minimum absolute atomic E-state index is 0.636. The van der Waals surface area contributed by atoms with E-state index in [-0.39, 0.29) is 0 Å². The highest BCUT2D eigenvalue weighted by Crippen LogP contribution is 2.27. The molecule has 3 nitrogen and oxygen atoms in total. The molecule has 0 aliphatic carbocycles. The van der Waals surface area contributed by atoms with Crippen LogP contribution < -0.4 is 5.73 Å². The quantitative estimate of drug-likeness (QED) is 0.881. The van der Waals surface area contributed by atoms with Crippen LogP contribution in [0.5, 0.6) is 0 Å². The minimum Gasteiger partial charge on any atom is -0.314 e. The van der Waals surface area contributed by atoms with Gasteiger partial charge in [-0.15, -0.1) is 0 Å². The van der Waals surface area contributed by atoms with E-state index in [1.165, 1.54) is 12.0 Å². The lowest BCUT2D eigenvalue weighted by molar-refractivity contribution is 0.307. The molecule has 96 valence electrons. The van der Waals surface area contributed by atoms with Gasteiger partial charge in [-0.25, -0.2) is 0 Å². The smallest absolute Gasteiger partial charge is 0.102 e. The van der Waals surface area contributed by atoms with Gasteiger partial charge >= 0.3 is 0 Å². The number of nitrogens with zero attached hydrogens (tertiary/aromatic N) is 2. The molecule has 1 aromatic rings. The lowest BCUT2D eigenvalue weighted by Gasteiger charge is -2.21. The van der Waals surface area contributed by atoms with Gasteiger partial charge < -0.3 is 10.6 Å². The summed E-state index contributed by atoms with van der Waals surface area (Å²) < 4.78 is 0. The monoisotopic (exact) mass is 243 g/mol. The summed E-state index contributed by atoms with van der Waals surface area (Å²) in [5.41, 5.74) is 6.59. The first-order valence-electron chi connectivity index (χ1n) is 6.58. The van der Waals surface area contributed by atoms with Crippen LogP contribution in [0.1, 0.15) is 31.2 Å². The van der Waals surface area contributed by atoms with Crippen LogP contribution in [-0.2, 0) is 0 Å². The molecule has 2 rings (SSSR count). The predicted molar refractivity (Wildman–Crippen MR) is 73.1 cm³/mol. The Morgan fingerprint density at radius 3 is 2.83 bits per heavy atom. The van der Waals surface area contributed by atoms with Crippen LogP contribution in [0.2, 0.25) is 0 Å². The third-order valence-electron chi connectivity index (χ3n) is 3.75. The van der Waals surface area contributed by atoms with Crippen LogP contribution in [-0.4, -0.2) is 30.1 Å². The molecule has 0 radical (unpaired) electrons. The van der Waals surface area contributed by atoms with Gasteiger partial charge in [-0.3, -0.25) is 0 Å². The van der Waals surface area contributed by atoms with Gasteiger partial charge in [0.25, 0.3) is 0 Å². The van der Waals surface area contributed by atoms with Crippen LogP contribution in [0.15, 0.2) is 30.3 Å². The van der Waals surface area contributed by atoms with Crippen LogP contribution in [0.3, 0.4) is 0 Å². The van der Waals surface area contributed by atoms with Crippen molar-refractivity contribution in [3.63, 3.8) is 0 Å². The van der Waals surface area contributed by atoms with Crippen LogP contribution in [0.25, 0.3) is 0 Å². The van der Waals surface area contributed by atoms with Crippen molar-refractivity contribution in [1.82, 2.24) is 4.90 Å². The molecule has 0 aromatic heterocycles. The molecular formula is C15H21N3. The lowest BCUT2D eigenvalue weighted by atomic mass is 9.98. The first kappa shape index (κ1) is 13.1. The zero-order chi connectivity index (χ0) is 13.0. The zero-order valence-electron chi connectivity index (χ0n) is 11.0. The average Bonchev–Trinajstić information content (AvgIpc) is 2.86. The second-order valence-corrected chi connectivity index (χ2v) is 5.48. The van der Waals surface area contributed by atoms with Crippen molar-refractivity contribution in [2.24, 2.45) is 5.73 Å². The number of hydrogen-bond donors (Lipinski definition) is 1. The summed E-state index contributed by atoms with van der Waals surface area (Å²) in [6.07, 6.45) is 1.95. The highest BCUT2D eigenvalue weighted by molar-refractivity contribution is 5.21. The second-order valence-electron chi connectivity index (χ2n) is 5.48. The highest BCUT2D eigenvalue weighted by atomic mass is 15.1. The van der Waals surface area contributed by atoms with E-state index in [1.807, 2.05) is 0 Å². The molecule has 1 heterocycles. The van der Waals surface area contributed by atoms with E-state index in [9.17, 15) is 0 Å². The summed E-state index contributed by atoms with van der Waals surface area (Å²) in [7, 11) is 0. The second kappa shape index (κ2) is 5.51. The van der Waals surface area contributed by atoms with E-state index in [4.69, 9.17) is 11.0 Å². The van der Waals surface area contributed by atoms with Crippen molar-refractivity contribution in [2.75, 3.05) is 19.6 Å². The van der Waals surface area contributed by atoms with Gasteiger partial charge in [-0.2, -0.15) is 5.26 Å². The first-order chi connectivity index (χ1) is 8.61. The highest BCUT2D eigenvalue weighted by Gasteiger charge is 2.25. The van der Waals surface area contributed by atoms with Crippen molar-refractivity contribution in [2.45, 2.75) is 31.2 Å². The molecule has 0 saturated carbocycles. The Morgan fingerprint density at radius 2 is 2.17 bits per heavy atom. The summed E-state index contributed by atoms with van der Waals surface area (Å²) in [5, 5.41) is 8.90. The lowest BCUT2D eigenvalue weighted by Crippen LogP contribution is -2.38. The SMILES string of the molecule is CC(N)(C#N)CCN1CCC(c2ccccc2)C1. The maximum Gasteiger partial charge on any atom is 0.102 e. The van der Waals surface area contributed by atoms with Crippen molar-refractivity contribution in [3.05, 3.63) is 35.9 Å². The van der Waals surface area contributed by atoms with Gasteiger partial charge in [0.1, 0.15) is 5.54 Å². The van der Waals surface area contributed by atoms with Crippen molar-refractivity contribution < 1.29 is 0 Å². The van der Waals surface area contributed by atoms with Crippen LogP contribution in [0.4, 0.5) is 0 Å². The first-order valence-corrected chi connectivity index (χ1v) is 6.58. The number of benzene rings is 1. The Morgan fingerprint density at radius 1 is 1.44 bits per heavy atom. The molecule has 2 N–H and O–H groups in total. The van der Waals surface area contributed by atoms with E-state index in [0.29, 0.717) is 5.92 Å². The van der Waals surface area contributed by atoms with Gasteiger partial charge in [0.15, 0.2) is 0 Å². The summed E-state index contributed by atoms with van der Waals surface area (Å²) in [6.45, 7) is 4.92. The standard InChI is InChI=1S/C15H21N3/c1-15(17,12-16)8-10-18-9-7-14(11-18)13-5-3-2-4-6-13/h2-6,14H,7-11,17H2,1H3. The fourth-order valence-electron chi connectivity index (χ4n) is 2.48.